The molecule has 6 nitrogen and oxygen atoms in total. The van der Waals surface area contributed by atoms with Gasteiger partial charge in [0.1, 0.15) is 0 Å². The number of rotatable bonds is 4. The van der Waals surface area contributed by atoms with Crippen molar-refractivity contribution in [1.82, 2.24) is 4.98 Å². The van der Waals surface area contributed by atoms with Gasteiger partial charge < -0.3 is 5.32 Å². The van der Waals surface area contributed by atoms with Crippen LogP contribution < -0.4 is 5.32 Å². The molecule has 0 aliphatic carbocycles. The number of anilines is 1. The predicted molar refractivity (Wildman–Crippen MR) is 123 cm³/mol. The second-order valence-corrected chi connectivity index (χ2v) is 7.80. The average molecular weight is 473 g/mol. The third-order valence-corrected chi connectivity index (χ3v) is 5.65. The van der Waals surface area contributed by atoms with Gasteiger partial charge in [-0.15, -0.1) is 0 Å². The molecule has 1 aromatic heterocycles. The first-order chi connectivity index (χ1) is 14.8. The monoisotopic (exact) mass is 471 g/mol. The highest BCUT2D eigenvalue weighted by atomic mass is 35.5. The minimum Gasteiger partial charge on any atom is -0.320 e. The number of aromatic nitrogens is 1. The Labute approximate surface area is 191 Å². The summed E-state index contributed by atoms with van der Waals surface area (Å²) in [7, 11) is 0. The normalized spacial score (nSPS) is 10.8. The summed E-state index contributed by atoms with van der Waals surface area (Å²) in [5, 5.41) is 15.3. The zero-order chi connectivity index (χ0) is 22.1. The average Bonchev–Trinajstić information content (AvgIpc) is 2.76. The van der Waals surface area contributed by atoms with Gasteiger partial charge in [-0.25, -0.2) is 4.98 Å². The maximum absolute atomic E-state index is 13.2. The van der Waals surface area contributed by atoms with Gasteiger partial charge in [0.15, 0.2) is 0 Å². The van der Waals surface area contributed by atoms with E-state index >= 15 is 0 Å². The molecule has 1 heterocycles. The van der Waals surface area contributed by atoms with Gasteiger partial charge >= 0.3 is 0 Å². The number of amides is 1. The molecule has 0 atom stereocenters. The van der Waals surface area contributed by atoms with Crippen molar-refractivity contribution < 1.29 is 9.72 Å². The van der Waals surface area contributed by atoms with Crippen molar-refractivity contribution in [2.24, 2.45) is 0 Å². The first-order valence-electron chi connectivity index (χ1n) is 8.94. The van der Waals surface area contributed by atoms with Crippen LogP contribution in [0.5, 0.6) is 0 Å². The van der Waals surface area contributed by atoms with Gasteiger partial charge in [-0.05, 0) is 30.3 Å². The van der Waals surface area contributed by atoms with Crippen LogP contribution in [0.3, 0.4) is 0 Å². The molecule has 0 aliphatic rings. The standard InChI is InChI=1S/C22H12Cl3N3O3/c23-16-7-5-12(9-18(16)25)20-11-15(14-3-1-2-4-19(14)26-20)22(29)27-21-10-13(28(30)31)6-8-17(21)24/h1-11H,(H,27,29). The SMILES string of the molecule is O=C(Nc1cc([N+](=O)[O-])ccc1Cl)c1cc(-c2ccc(Cl)c(Cl)c2)nc2ccccc12. The number of halogens is 3. The molecular formula is C22H12Cl3N3O3. The number of non-ortho nitro benzene ring substituents is 1. The molecule has 0 spiro atoms. The number of pyridine rings is 1. The fraction of sp³-hybridized carbons (Fsp3) is 0. The van der Waals surface area contributed by atoms with Crippen molar-refractivity contribution in [3.05, 3.63) is 97.5 Å². The molecule has 0 saturated carbocycles. The Kier molecular flexibility index (Phi) is 5.78. The molecular weight excluding hydrogens is 461 g/mol. The third-order valence-electron chi connectivity index (χ3n) is 4.59. The summed E-state index contributed by atoms with van der Waals surface area (Å²) >= 11 is 18.3. The minimum atomic E-state index is -0.559. The molecule has 3 aromatic carbocycles. The Balaban J connectivity index is 1.81. The van der Waals surface area contributed by atoms with Crippen LogP contribution in [0.1, 0.15) is 10.4 Å². The maximum Gasteiger partial charge on any atom is 0.271 e. The Hall–Kier alpha value is -3.19. The van der Waals surface area contributed by atoms with Gasteiger partial charge in [-0.2, -0.15) is 0 Å². The van der Waals surface area contributed by atoms with Crippen LogP contribution in [-0.4, -0.2) is 15.8 Å². The summed E-state index contributed by atoms with van der Waals surface area (Å²) in [6, 6.07) is 17.7. The fourth-order valence-corrected chi connectivity index (χ4v) is 3.54. The molecule has 0 bridgehead atoms. The molecule has 0 radical (unpaired) electrons. The van der Waals surface area contributed by atoms with E-state index in [1.54, 1.807) is 42.5 Å². The lowest BCUT2D eigenvalue weighted by Crippen LogP contribution is -2.13. The van der Waals surface area contributed by atoms with E-state index in [4.69, 9.17) is 34.8 Å². The molecule has 9 heteroatoms. The molecule has 0 saturated heterocycles. The van der Waals surface area contributed by atoms with Crippen LogP contribution in [0.25, 0.3) is 22.2 Å². The van der Waals surface area contributed by atoms with Crippen molar-refractivity contribution in [1.29, 1.82) is 0 Å². The number of carbonyl (C=O) groups excluding carboxylic acids is 1. The highest BCUT2D eigenvalue weighted by Gasteiger charge is 2.17. The molecule has 0 fully saturated rings. The molecule has 0 aliphatic heterocycles. The number of para-hydroxylation sites is 1. The zero-order valence-corrected chi connectivity index (χ0v) is 17.9. The number of nitro groups is 1. The molecule has 154 valence electrons. The van der Waals surface area contributed by atoms with Gasteiger partial charge in [0.05, 0.1) is 42.5 Å². The summed E-state index contributed by atoms with van der Waals surface area (Å²) in [6.45, 7) is 0. The van der Waals surface area contributed by atoms with E-state index in [2.05, 4.69) is 10.3 Å². The number of nitrogens with zero attached hydrogens (tertiary/aromatic N) is 2. The van der Waals surface area contributed by atoms with E-state index in [9.17, 15) is 14.9 Å². The van der Waals surface area contributed by atoms with Gasteiger partial charge in [0.25, 0.3) is 11.6 Å². The zero-order valence-electron chi connectivity index (χ0n) is 15.6. The van der Waals surface area contributed by atoms with Crippen molar-refractivity contribution >= 4 is 63.0 Å². The van der Waals surface area contributed by atoms with Gasteiger partial charge in [0.2, 0.25) is 0 Å². The number of hydrogen-bond acceptors (Lipinski definition) is 4. The maximum atomic E-state index is 13.2. The first-order valence-corrected chi connectivity index (χ1v) is 10.1. The quantitative estimate of drug-likeness (QED) is 0.255. The van der Waals surface area contributed by atoms with Crippen LogP contribution in [0.15, 0.2) is 66.7 Å². The number of carbonyl (C=O) groups is 1. The summed E-state index contributed by atoms with van der Waals surface area (Å²) in [5.74, 6) is -0.484. The van der Waals surface area contributed by atoms with Crippen LogP contribution >= 0.6 is 34.8 Å². The largest absolute Gasteiger partial charge is 0.320 e. The molecule has 1 N–H and O–H groups in total. The van der Waals surface area contributed by atoms with E-state index in [-0.39, 0.29) is 16.4 Å². The third kappa shape index (κ3) is 4.32. The van der Waals surface area contributed by atoms with Gasteiger partial charge in [0, 0.05) is 23.1 Å². The van der Waals surface area contributed by atoms with Crippen molar-refractivity contribution in [2.75, 3.05) is 5.32 Å². The number of nitro benzene ring substituents is 1. The van der Waals surface area contributed by atoms with Crippen LogP contribution in [0.2, 0.25) is 15.1 Å². The second-order valence-electron chi connectivity index (χ2n) is 6.58. The van der Waals surface area contributed by atoms with E-state index in [1.807, 2.05) is 6.07 Å². The van der Waals surface area contributed by atoms with Gasteiger partial charge in [-0.3, -0.25) is 14.9 Å². The second kappa shape index (κ2) is 8.51. The Morgan fingerprint density at radius 2 is 1.65 bits per heavy atom. The molecule has 1 amide bonds. The van der Waals surface area contributed by atoms with E-state index in [0.29, 0.717) is 37.8 Å². The van der Waals surface area contributed by atoms with Crippen LogP contribution in [0.4, 0.5) is 11.4 Å². The minimum absolute atomic E-state index is 0.137. The van der Waals surface area contributed by atoms with E-state index in [0.717, 1.165) is 0 Å². The Morgan fingerprint density at radius 1 is 0.903 bits per heavy atom. The lowest BCUT2D eigenvalue weighted by Gasteiger charge is -2.12. The van der Waals surface area contributed by atoms with Crippen molar-refractivity contribution in [3.8, 4) is 11.3 Å². The van der Waals surface area contributed by atoms with Crippen LogP contribution in [-0.2, 0) is 0 Å². The van der Waals surface area contributed by atoms with Crippen molar-refractivity contribution in [3.63, 3.8) is 0 Å². The number of nitrogens with one attached hydrogen (secondary N) is 1. The highest BCUT2D eigenvalue weighted by Crippen LogP contribution is 2.31. The van der Waals surface area contributed by atoms with Crippen LogP contribution in [0, 0.1) is 10.1 Å². The lowest BCUT2D eigenvalue weighted by molar-refractivity contribution is -0.384. The van der Waals surface area contributed by atoms with E-state index < -0.39 is 10.8 Å². The topological polar surface area (TPSA) is 85.1 Å². The highest BCUT2D eigenvalue weighted by molar-refractivity contribution is 6.42. The predicted octanol–water partition coefficient (Wildman–Crippen LogP) is 7.02. The fourth-order valence-electron chi connectivity index (χ4n) is 3.08. The first kappa shape index (κ1) is 21.1. The summed E-state index contributed by atoms with van der Waals surface area (Å²) in [4.78, 5) is 28.3. The number of hydrogen-bond donors (Lipinski definition) is 1. The molecule has 31 heavy (non-hydrogen) atoms. The Morgan fingerprint density at radius 3 is 2.39 bits per heavy atom. The molecule has 4 rings (SSSR count). The number of benzene rings is 3. The number of fused-ring (bicyclic) bond motifs is 1. The van der Waals surface area contributed by atoms with Crippen molar-refractivity contribution in [2.45, 2.75) is 0 Å². The summed E-state index contributed by atoms with van der Waals surface area (Å²) in [6.07, 6.45) is 0. The smallest absolute Gasteiger partial charge is 0.271 e. The van der Waals surface area contributed by atoms with Gasteiger partial charge in [-0.1, -0.05) is 59.1 Å². The summed E-state index contributed by atoms with van der Waals surface area (Å²) < 4.78 is 0. The molecule has 4 aromatic rings. The summed E-state index contributed by atoms with van der Waals surface area (Å²) in [5.41, 5.74) is 2.08. The van der Waals surface area contributed by atoms with E-state index in [1.165, 1.54) is 18.2 Å². The molecule has 0 unspecified atom stereocenters. The lowest BCUT2D eigenvalue weighted by atomic mass is 10.0. The Bertz CT molecular complexity index is 1360.